The molecule has 45 heavy (non-hydrogen) atoms. The van der Waals surface area contributed by atoms with E-state index in [2.05, 4.69) is 6.07 Å². The van der Waals surface area contributed by atoms with Crippen LogP contribution in [0, 0.1) is 41.5 Å². The Hall–Kier alpha value is -4.18. The zero-order chi connectivity index (χ0) is 32.2. The van der Waals surface area contributed by atoms with Crippen LogP contribution in [0.5, 0.6) is 0 Å². The van der Waals surface area contributed by atoms with Gasteiger partial charge in [0.1, 0.15) is 11.0 Å². The van der Waals surface area contributed by atoms with Crippen molar-refractivity contribution in [2.24, 2.45) is 0 Å². The van der Waals surface area contributed by atoms with E-state index in [0.29, 0.717) is 16.8 Å². The Morgan fingerprint density at radius 2 is 1.44 bits per heavy atom. The third kappa shape index (κ3) is 5.60. The number of thiazole rings is 1. The van der Waals surface area contributed by atoms with Crippen molar-refractivity contribution in [1.82, 2.24) is 9.29 Å². The molecule has 1 aliphatic rings. The standard InChI is InChI=1S/C36H35N3O4S2/c1-21-7-10-27(11-8-21)20-38(45(42,43)34-25(5)23(3)18-24(4)26(34)6)31-19-33(40)39(36(31)41)29-14-12-28(13-15-29)35-37-30-16-9-22(2)17-32(30)44-35/h7-18,31H,19-20H2,1-6H3. The molecule has 1 fully saturated rings. The Morgan fingerprint density at radius 3 is 2.09 bits per heavy atom. The van der Waals surface area contributed by atoms with E-state index >= 15 is 0 Å². The second-order valence-electron chi connectivity index (χ2n) is 11.9. The average Bonchev–Trinajstić information content (AvgIpc) is 3.55. The summed E-state index contributed by atoms with van der Waals surface area (Å²) in [6.45, 7) is 11.3. The molecule has 0 spiro atoms. The van der Waals surface area contributed by atoms with E-state index in [4.69, 9.17) is 4.98 Å². The first-order chi connectivity index (χ1) is 21.3. The lowest BCUT2D eigenvalue weighted by atomic mass is 10.0. The molecule has 230 valence electrons. The van der Waals surface area contributed by atoms with Crippen molar-refractivity contribution in [3.63, 3.8) is 0 Å². The fourth-order valence-electron chi connectivity index (χ4n) is 5.94. The second-order valence-corrected chi connectivity index (χ2v) is 14.8. The maximum Gasteiger partial charge on any atom is 0.252 e. The van der Waals surface area contributed by atoms with E-state index in [1.54, 1.807) is 37.3 Å². The van der Waals surface area contributed by atoms with Gasteiger partial charge in [-0.05, 0) is 111 Å². The molecule has 2 heterocycles. The molecule has 1 saturated heterocycles. The number of nitrogens with zero attached hydrogens (tertiary/aromatic N) is 3. The smallest absolute Gasteiger partial charge is 0.252 e. The first-order valence-electron chi connectivity index (χ1n) is 14.8. The molecule has 5 aromatic rings. The molecular formula is C36H35N3O4S2. The lowest BCUT2D eigenvalue weighted by molar-refractivity contribution is -0.122. The van der Waals surface area contributed by atoms with Crippen LogP contribution >= 0.6 is 11.3 Å². The number of rotatable bonds is 7. The monoisotopic (exact) mass is 637 g/mol. The number of carbonyl (C=O) groups is 2. The lowest BCUT2D eigenvalue weighted by Crippen LogP contribution is -2.45. The molecule has 0 aliphatic carbocycles. The normalized spacial score (nSPS) is 15.5. The van der Waals surface area contributed by atoms with E-state index < -0.39 is 27.9 Å². The highest BCUT2D eigenvalue weighted by atomic mass is 32.2. The van der Waals surface area contributed by atoms with E-state index in [9.17, 15) is 18.0 Å². The molecule has 0 bridgehead atoms. The number of benzene rings is 4. The SMILES string of the molecule is Cc1ccc(CN(C2CC(=O)N(c3ccc(-c4nc5ccc(C)cc5s4)cc3)C2=O)S(=O)(=O)c2c(C)c(C)cc(C)c2C)cc1. The molecule has 1 aromatic heterocycles. The van der Waals surface area contributed by atoms with Gasteiger partial charge >= 0.3 is 0 Å². The predicted molar refractivity (Wildman–Crippen MR) is 180 cm³/mol. The summed E-state index contributed by atoms with van der Waals surface area (Å²) in [5, 5.41) is 0.841. The van der Waals surface area contributed by atoms with Crippen LogP contribution in [0.1, 0.15) is 45.4 Å². The van der Waals surface area contributed by atoms with E-state index in [-0.39, 0.29) is 17.9 Å². The summed E-state index contributed by atoms with van der Waals surface area (Å²) in [4.78, 5) is 33.6. The Morgan fingerprint density at radius 1 is 0.822 bits per heavy atom. The van der Waals surface area contributed by atoms with Crippen LogP contribution in [-0.2, 0) is 26.2 Å². The van der Waals surface area contributed by atoms with Gasteiger partial charge in [0.25, 0.3) is 5.91 Å². The molecule has 4 aromatic carbocycles. The summed E-state index contributed by atoms with van der Waals surface area (Å²) in [5.74, 6) is -0.996. The highest BCUT2D eigenvalue weighted by Crippen LogP contribution is 2.36. The largest absolute Gasteiger partial charge is 0.274 e. The number of hydrogen-bond acceptors (Lipinski definition) is 6. The molecule has 9 heteroatoms. The first kappa shape index (κ1) is 30.8. The van der Waals surface area contributed by atoms with E-state index in [1.165, 1.54) is 4.31 Å². The zero-order valence-corrected chi connectivity index (χ0v) is 27.8. The minimum Gasteiger partial charge on any atom is -0.274 e. The highest BCUT2D eigenvalue weighted by Gasteiger charge is 2.47. The van der Waals surface area contributed by atoms with Gasteiger partial charge in [0, 0.05) is 12.1 Å². The summed E-state index contributed by atoms with van der Waals surface area (Å²) in [5.41, 5.74) is 8.11. The molecule has 0 saturated carbocycles. The molecule has 0 N–H and O–H groups in total. The first-order valence-corrected chi connectivity index (χ1v) is 17.1. The Labute approximate surface area is 268 Å². The fourth-order valence-corrected chi connectivity index (χ4v) is 9.16. The molecular weight excluding hydrogens is 603 g/mol. The topological polar surface area (TPSA) is 87.7 Å². The molecule has 2 amide bonds. The molecule has 1 aliphatic heterocycles. The number of aryl methyl sites for hydroxylation is 4. The van der Waals surface area contributed by atoms with Crippen LogP contribution in [0.2, 0.25) is 0 Å². The minimum absolute atomic E-state index is 0.0397. The van der Waals surface area contributed by atoms with Crippen molar-refractivity contribution in [3.8, 4) is 10.6 Å². The van der Waals surface area contributed by atoms with Gasteiger partial charge in [-0.3, -0.25) is 9.59 Å². The van der Waals surface area contributed by atoms with Gasteiger partial charge in [-0.25, -0.2) is 18.3 Å². The fraction of sp³-hybridized carbons (Fsp3) is 0.250. The van der Waals surface area contributed by atoms with Crippen molar-refractivity contribution in [3.05, 3.63) is 112 Å². The van der Waals surface area contributed by atoms with Gasteiger partial charge in [0.05, 0.1) is 27.2 Å². The zero-order valence-electron chi connectivity index (χ0n) is 26.2. The quantitative estimate of drug-likeness (QED) is 0.174. The van der Waals surface area contributed by atoms with Gasteiger partial charge in [-0.15, -0.1) is 11.3 Å². The van der Waals surface area contributed by atoms with Crippen molar-refractivity contribution in [1.29, 1.82) is 0 Å². The maximum absolute atomic E-state index is 14.6. The van der Waals surface area contributed by atoms with E-state index in [0.717, 1.165) is 53.5 Å². The van der Waals surface area contributed by atoms with Crippen LogP contribution in [-0.4, -0.2) is 35.6 Å². The Kier molecular flexibility index (Phi) is 7.97. The van der Waals surface area contributed by atoms with Gasteiger partial charge in [-0.1, -0.05) is 42.0 Å². The van der Waals surface area contributed by atoms with Crippen molar-refractivity contribution in [2.75, 3.05) is 4.90 Å². The number of imide groups is 1. The van der Waals surface area contributed by atoms with E-state index in [1.807, 2.05) is 82.3 Å². The van der Waals surface area contributed by atoms with Gasteiger partial charge in [0.15, 0.2) is 0 Å². The summed E-state index contributed by atoms with van der Waals surface area (Å²) in [7, 11) is -4.19. The van der Waals surface area contributed by atoms with Gasteiger partial charge < -0.3 is 0 Å². The molecule has 6 rings (SSSR count). The minimum atomic E-state index is -4.19. The number of sulfonamides is 1. The van der Waals surface area contributed by atoms with Crippen LogP contribution in [0.25, 0.3) is 20.8 Å². The summed E-state index contributed by atoms with van der Waals surface area (Å²) in [6, 6.07) is 21.6. The number of carbonyl (C=O) groups excluding carboxylic acids is 2. The molecule has 1 unspecified atom stereocenters. The van der Waals surface area contributed by atoms with Gasteiger partial charge in [-0.2, -0.15) is 4.31 Å². The van der Waals surface area contributed by atoms with Gasteiger partial charge in [0.2, 0.25) is 15.9 Å². The summed E-state index contributed by atoms with van der Waals surface area (Å²) < 4.78 is 31.4. The average molecular weight is 638 g/mol. The molecule has 1 atom stereocenters. The van der Waals surface area contributed by atoms with Crippen molar-refractivity contribution in [2.45, 2.75) is 65.4 Å². The third-order valence-electron chi connectivity index (χ3n) is 8.71. The number of amides is 2. The van der Waals surface area contributed by atoms with Crippen LogP contribution in [0.4, 0.5) is 5.69 Å². The molecule has 0 radical (unpaired) electrons. The highest BCUT2D eigenvalue weighted by molar-refractivity contribution is 7.89. The molecule has 7 nitrogen and oxygen atoms in total. The predicted octanol–water partition coefficient (Wildman–Crippen LogP) is 7.34. The summed E-state index contributed by atoms with van der Waals surface area (Å²) >= 11 is 1.58. The number of aromatic nitrogens is 1. The van der Waals surface area contributed by atoms with Crippen LogP contribution in [0.15, 0.2) is 77.7 Å². The van der Waals surface area contributed by atoms with Crippen LogP contribution < -0.4 is 4.90 Å². The lowest BCUT2D eigenvalue weighted by Gasteiger charge is -2.29. The van der Waals surface area contributed by atoms with Crippen molar-refractivity contribution >= 4 is 49.1 Å². The van der Waals surface area contributed by atoms with Crippen molar-refractivity contribution < 1.29 is 18.0 Å². The number of hydrogen-bond donors (Lipinski definition) is 0. The number of fused-ring (bicyclic) bond motifs is 1. The second kappa shape index (κ2) is 11.6. The Balaban J connectivity index is 1.36. The van der Waals surface area contributed by atoms with Crippen LogP contribution in [0.3, 0.4) is 0 Å². The Bertz CT molecular complexity index is 2060. The number of anilines is 1. The summed E-state index contributed by atoms with van der Waals surface area (Å²) in [6.07, 6.45) is -0.244. The maximum atomic E-state index is 14.6. The third-order valence-corrected chi connectivity index (χ3v) is 11.9.